The van der Waals surface area contributed by atoms with Crippen LogP contribution in [0.2, 0.25) is 0 Å². The lowest BCUT2D eigenvalue weighted by molar-refractivity contribution is 0.0949. The van der Waals surface area contributed by atoms with E-state index >= 15 is 0 Å². The van der Waals surface area contributed by atoms with E-state index in [4.69, 9.17) is 0 Å². The largest absolute Gasteiger partial charge is 0.346 e. The van der Waals surface area contributed by atoms with Gasteiger partial charge in [0.05, 0.1) is 34.7 Å². The van der Waals surface area contributed by atoms with Gasteiger partial charge in [-0.1, -0.05) is 25.1 Å². The van der Waals surface area contributed by atoms with Crippen LogP contribution in [0.15, 0.2) is 46.5 Å². The maximum absolute atomic E-state index is 12.3. The van der Waals surface area contributed by atoms with Gasteiger partial charge in [-0.05, 0) is 34.5 Å². The van der Waals surface area contributed by atoms with Gasteiger partial charge >= 0.3 is 0 Å². The average Bonchev–Trinajstić information content (AvgIpc) is 3.20. The molecule has 0 atom stereocenters. The van der Waals surface area contributed by atoms with Gasteiger partial charge in [0.2, 0.25) is 0 Å². The van der Waals surface area contributed by atoms with Crippen LogP contribution in [-0.4, -0.2) is 20.7 Å². The number of carbonyl (C=O) groups excluding carboxylic acids is 1. The predicted octanol–water partition coefficient (Wildman–Crippen LogP) is 3.58. The maximum Gasteiger partial charge on any atom is 0.255 e. The summed E-state index contributed by atoms with van der Waals surface area (Å²) >= 11 is 5.07. The Labute approximate surface area is 146 Å². The highest BCUT2D eigenvalue weighted by Gasteiger charge is 2.16. The second-order valence-electron chi connectivity index (χ2n) is 4.87. The van der Waals surface area contributed by atoms with Crippen molar-refractivity contribution in [2.24, 2.45) is 0 Å². The summed E-state index contributed by atoms with van der Waals surface area (Å²) in [7, 11) is 0. The Balaban J connectivity index is 1.72. The number of amides is 1. The van der Waals surface area contributed by atoms with Gasteiger partial charge in [-0.2, -0.15) is 5.10 Å². The molecule has 1 amide bonds. The van der Waals surface area contributed by atoms with Crippen LogP contribution in [0.1, 0.15) is 28.0 Å². The quantitative estimate of drug-likeness (QED) is 0.723. The number of nitrogens with one attached hydrogen (secondary N) is 1. The first kappa shape index (κ1) is 15.9. The zero-order chi connectivity index (χ0) is 16.2. The lowest BCUT2D eigenvalue weighted by Crippen LogP contribution is -2.23. The second-order valence-corrected chi connectivity index (χ2v) is 6.56. The molecule has 0 radical (unpaired) electrons. The molecule has 1 aromatic carbocycles. The molecule has 0 bridgehead atoms. The van der Waals surface area contributed by atoms with Gasteiger partial charge in [-0.3, -0.25) is 4.79 Å². The Morgan fingerprint density at radius 1 is 1.35 bits per heavy atom. The summed E-state index contributed by atoms with van der Waals surface area (Å²) in [5.74, 6) is -0.176. The molecule has 0 fully saturated rings. The minimum atomic E-state index is -0.176. The molecule has 5 nitrogen and oxygen atoms in total. The lowest BCUT2D eigenvalue weighted by atomic mass is 10.3. The van der Waals surface area contributed by atoms with Crippen molar-refractivity contribution in [2.75, 3.05) is 0 Å². The third kappa shape index (κ3) is 3.51. The molecule has 3 aromatic rings. The van der Waals surface area contributed by atoms with Crippen molar-refractivity contribution in [3.8, 4) is 5.69 Å². The van der Waals surface area contributed by atoms with Crippen LogP contribution in [0, 0.1) is 0 Å². The van der Waals surface area contributed by atoms with Crippen molar-refractivity contribution in [3.63, 3.8) is 0 Å². The summed E-state index contributed by atoms with van der Waals surface area (Å²) in [6.07, 6.45) is 2.47. The molecule has 3 rings (SSSR count). The SMILES string of the molecule is CCc1nc(CNC(=O)c2cnn(-c3ccccc3)c2Br)cs1. The highest BCUT2D eigenvalue weighted by molar-refractivity contribution is 9.10. The molecule has 0 aliphatic carbocycles. The fraction of sp³-hybridized carbons (Fsp3) is 0.188. The van der Waals surface area contributed by atoms with Gasteiger partial charge in [0.1, 0.15) is 4.60 Å². The maximum atomic E-state index is 12.3. The van der Waals surface area contributed by atoms with E-state index in [9.17, 15) is 4.79 Å². The molecule has 0 aliphatic rings. The molecule has 23 heavy (non-hydrogen) atoms. The smallest absolute Gasteiger partial charge is 0.255 e. The van der Waals surface area contributed by atoms with Crippen LogP contribution in [0.25, 0.3) is 5.69 Å². The van der Waals surface area contributed by atoms with E-state index in [0.29, 0.717) is 16.7 Å². The van der Waals surface area contributed by atoms with E-state index in [2.05, 4.69) is 38.3 Å². The zero-order valence-electron chi connectivity index (χ0n) is 12.5. The molecule has 1 N–H and O–H groups in total. The first-order chi connectivity index (χ1) is 11.2. The van der Waals surface area contributed by atoms with E-state index in [0.717, 1.165) is 22.8 Å². The molecule has 0 spiro atoms. The third-order valence-electron chi connectivity index (χ3n) is 3.29. The fourth-order valence-corrected chi connectivity index (χ4v) is 3.42. The molecular weight excluding hydrogens is 376 g/mol. The number of carbonyl (C=O) groups is 1. The van der Waals surface area contributed by atoms with Crippen molar-refractivity contribution in [1.82, 2.24) is 20.1 Å². The molecule has 0 aliphatic heterocycles. The minimum absolute atomic E-state index is 0.176. The topological polar surface area (TPSA) is 59.8 Å². The Bertz CT molecular complexity index is 813. The Kier molecular flexibility index (Phi) is 4.88. The van der Waals surface area contributed by atoms with Crippen LogP contribution >= 0.6 is 27.3 Å². The molecular formula is C16H15BrN4OS. The van der Waals surface area contributed by atoms with Crippen LogP contribution in [-0.2, 0) is 13.0 Å². The predicted molar refractivity (Wildman–Crippen MR) is 93.9 cm³/mol. The van der Waals surface area contributed by atoms with Crippen molar-refractivity contribution in [2.45, 2.75) is 19.9 Å². The summed E-state index contributed by atoms with van der Waals surface area (Å²) in [5.41, 5.74) is 2.28. The highest BCUT2D eigenvalue weighted by Crippen LogP contribution is 2.20. The van der Waals surface area contributed by atoms with E-state index in [1.54, 1.807) is 22.2 Å². The van der Waals surface area contributed by atoms with Crippen molar-refractivity contribution >= 4 is 33.2 Å². The Morgan fingerprint density at radius 2 is 2.13 bits per heavy atom. The molecule has 0 saturated heterocycles. The van der Waals surface area contributed by atoms with Crippen molar-refractivity contribution in [3.05, 3.63) is 62.8 Å². The standard InChI is InChI=1S/C16H15BrN4OS/c1-2-14-20-11(10-23-14)8-18-16(22)13-9-19-21(15(13)17)12-6-4-3-5-7-12/h3-7,9-10H,2,8H2,1H3,(H,18,22). The van der Waals surface area contributed by atoms with Gasteiger partial charge in [-0.15, -0.1) is 11.3 Å². The first-order valence-corrected chi connectivity index (χ1v) is 8.86. The number of para-hydroxylation sites is 1. The average molecular weight is 391 g/mol. The molecule has 7 heteroatoms. The molecule has 0 unspecified atom stereocenters. The first-order valence-electron chi connectivity index (χ1n) is 7.19. The summed E-state index contributed by atoms with van der Waals surface area (Å²) in [6.45, 7) is 2.48. The summed E-state index contributed by atoms with van der Waals surface area (Å²) in [6, 6.07) is 9.66. The molecule has 2 heterocycles. The number of nitrogens with zero attached hydrogens (tertiary/aromatic N) is 3. The van der Waals surface area contributed by atoms with E-state index < -0.39 is 0 Å². The lowest BCUT2D eigenvalue weighted by Gasteiger charge is -2.04. The van der Waals surface area contributed by atoms with Gasteiger partial charge in [-0.25, -0.2) is 9.67 Å². The molecule has 118 valence electrons. The van der Waals surface area contributed by atoms with Crippen LogP contribution in [0.5, 0.6) is 0 Å². The van der Waals surface area contributed by atoms with E-state index in [-0.39, 0.29) is 5.91 Å². The van der Waals surface area contributed by atoms with Crippen molar-refractivity contribution in [1.29, 1.82) is 0 Å². The Morgan fingerprint density at radius 3 is 2.83 bits per heavy atom. The van der Waals surface area contributed by atoms with Gasteiger partial charge in [0.25, 0.3) is 5.91 Å². The second kappa shape index (κ2) is 7.06. The number of aromatic nitrogens is 3. The number of aryl methyl sites for hydroxylation is 1. The van der Waals surface area contributed by atoms with E-state index in [1.165, 1.54) is 0 Å². The fourth-order valence-electron chi connectivity index (χ4n) is 2.09. The van der Waals surface area contributed by atoms with Crippen LogP contribution < -0.4 is 5.32 Å². The normalized spacial score (nSPS) is 10.7. The number of hydrogen-bond acceptors (Lipinski definition) is 4. The summed E-state index contributed by atoms with van der Waals surface area (Å²) < 4.78 is 2.32. The van der Waals surface area contributed by atoms with Gasteiger partial charge in [0.15, 0.2) is 0 Å². The number of rotatable bonds is 5. The van der Waals surface area contributed by atoms with Crippen LogP contribution in [0.3, 0.4) is 0 Å². The van der Waals surface area contributed by atoms with Crippen LogP contribution in [0.4, 0.5) is 0 Å². The zero-order valence-corrected chi connectivity index (χ0v) is 14.9. The summed E-state index contributed by atoms with van der Waals surface area (Å²) in [4.78, 5) is 16.8. The number of thiazole rings is 1. The molecule has 0 saturated carbocycles. The molecule has 2 aromatic heterocycles. The van der Waals surface area contributed by atoms with Gasteiger partial charge in [0, 0.05) is 5.38 Å². The summed E-state index contributed by atoms with van der Waals surface area (Å²) in [5, 5.41) is 10.2. The van der Waals surface area contributed by atoms with E-state index in [1.807, 2.05) is 35.7 Å². The number of hydrogen-bond donors (Lipinski definition) is 1. The van der Waals surface area contributed by atoms with Crippen molar-refractivity contribution < 1.29 is 4.79 Å². The monoisotopic (exact) mass is 390 g/mol. The number of benzene rings is 1. The Hall–Kier alpha value is -1.99. The minimum Gasteiger partial charge on any atom is -0.346 e. The third-order valence-corrected chi connectivity index (χ3v) is 5.09. The highest BCUT2D eigenvalue weighted by atomic mass is 79.9. The number of halogens is 1. The van der Waals surface area contributed by atoms with Gasteiger partial charge < -0.3 is 5.32 Å².